The molecule has 242 valence electrons. The predicted octanol–water partition coefficient (Wildman–Crippen LogP) is 8.02. The molecular weight excluding hydrogens is 609 g/mol. The Morgan fingerprint density at radius 1 is 0.745 bits per heavy atom. The van der Waals surface area contributed by atoms with E-state index in [1.165, 1.54) is 10.1 Å². The molecule has 5 rings (SSSR count). The monoisotopic (exact) mass is 648 g/mol. The minimum atomic E-state index is -0.930. The maximum atomic E-state index is 13.6. The summed E-state index contributed by atoms with van der Waals surface area (Å²) in [7, 11) is 0. The van der Waals surface area contributed by atoms with Crippen molar-refractivity contribution in [3.63, 3.8) is 0 Å². The van der Waals surface area contributed by atoms with Gasteiger partial charge < -0.3 is 19.7 Å². The lowest BCUT2D eigenvalue weighted by Crippen LogP contribution is -2.50. The summed E-state index contributed by atoms with van der Waals surface area (Å²) in [6, 6.07) is 36.1. The third-order valence-corrected chi connectivity index (χ3v) is 8.78. The molecule has 0 saturated carbocycles. The van der Waals surface area contributed by atoms with Gasteiger partial charge >= 0.3 is 18.0 Å². The fourth-order valence-corrected chi connectivity index (χ4v) is 6.25. The molecule has 1 heterocycles. The number of hydrogen-bond acceptors (Lipinski definition) is 6. The zero-order valence-electron chi connectivity index (χ0n) is 26.8. The third kappa shape index (κ3) is 10.0. The number of hydrogen-bond donors (Lipinski definition) is 1. The van der Waals surface area contributed by atoms with E-state index in [1.807, 2.05) is 111 Å². The first-order valence-corrected chi connectivity index (χ1v) is 16.7. The maximum Gasteiger partial charge on any atom is 0.329 e. The second-order valence-corrected chi connectivity index (χ2v) is 13.0. The topological polar surface area (TPSA) is 84.9 Å². The van der Waals surface area contributed by atoms with Crippen LogP contribution in [0.2, 0.25) is 0 Å². The number of amides is 2. The lowest BCUT2D eigenvalue weighted by molar-refractivity contribution is -0.147. The van der Waals surface area contributed by atoms with Crippen molar-refractivity contribution in [2.45, 2.75) is 45.9 Å². The van der Waals surface area contributed by atoms with Gasteiger partial charge in [-0.3, -0.25) is 4.79 Å². The molecule has 47 heavy (non-hydrogen) atoms. The normalized spacial score (nSPS) is 11.6. The van der Waals surface area contributed by atoms with Gasteiger partial charge in [-0.05, 0) is 45.7 Å². The molecule has 1 N–H and O–H groups in total. The Kier molecular flexibility index (Phi) is 11.8. The summed E-state index contributed by atoms with van der Waals surface area (Å²) in [5.74, 6) is -0.776. The van der Waals surface area contributed by atoms with E-state index in [0.29, 0.717) is 6.54 Å². The van der Waals surface area contributed by atoms with Crippen molar-refractivity contribution in [3.05, 3.63) is 132 Å². The maximum absolute atomic E-state index is 13.6. The van der Waals surface area contributed by atoms with Crippen LogP contribution in [0.1, 0.15) is 37.0 Å². The second-order valence-electron chi connectivity index (χ2n) is 11.9. The van der Waals surface area contributed by atoms with E-state index >= 15 is 0 Å². The van der Waals surface area contributed by atoms with Crippen LogP contribution in [-0.4, -0.2) is 42.0 Å². The molecule has 1 atom stereocenters. The minimum absolute atomic E-state index is 0.0370. The fourth-order valence-electron chi connectivity index (χ4n) is 5.18. The smallest absolute Gasteiger partial charge is 0.329 e. The SMILES string of the molecule is CC(C)CN(CCC(=O)OCc1ccccc1)C(=O)N[C@@H](Cc1ccc(-c2cc3ccccc3s2)cc1)C(=O)OCc1ccccc1. The van der Waals surface area contributed by atoms with Crippen molar-refractivity contribution >= 4 is 39.4 Å². The van der Waals surface area contributed by atoms with Crippen molar-refractivity contribution in [1.29, 1.82) is 0 Å². The van der Waals surface area contributed by atoms with Crippen molar-refractivity contribution < 1.29 is 23.9 Å². The molecule has 0 saturated heterocycles. The molecule has 2 amide bonds. The summed E-state index contributed by atoms with van der Waals surface area (Å²) < 4.78 is 12.3. The Morgan fingerprint density at radius 2 is 1.36 bits per heavy atom. The zero-order valence-corrected chi connectivity index (χ0v) is 27.6. The number of ether oxygens (including phenoxy) is 2. The van der Waals surface area contributed by atoms with Crippen molar-refractivity contribution in [3.8, 4) is 10.4 Å². The standard InChI is InChI=1S/C39H40N2O5S/c1-28(2)25-41(22-21-37(42)45-26-30-11-5-3-6-12-30)39(44)40-34(38(43)46-27-31-13-7-4-8-14-31)23-29-17-19-32(20-18-29)36-24-33-15-9-10-16-35(33)47-36/h3-20,24,28,34H,21-23,25-27H2,1-2H3,(H,40,44)/t34-/m0/s1. The molecule has 0 aliphatic heterocycles. The highest BCUT2D eigenvalue weighted by Gasteiger charge is 2.26. The first-order valence-electron chi connectivity index (χ1n) is 15.9. The van der Waals surface area contributed by atoms with Gasteiger partial charge in [0.15, 0.2) is 0 Å². The quantitative estimate of drug-likeness (QED) is 0.123. The van der Waals surface area contributed by atoms with Crippen LogP contribution in [0.25, 0.3) is 20.5 Å². The van der Waals surface area contributed by atoms with E-state index in [1.54, 1.807) is 16.2 Å². The number of esters is 2. The largest absolute Gasteiger partial charge is 0.461 e. The van der Waals surface area contributed by atoms with Gasteiger partial charge in [-0.2, -0.15) is 0 Å². The van der Waals surface area contributed by atoms with Crippen LogP contribution in [0.3, 0.4) is 0 Å². The number of fused-ring (bicyclic) bond motifs is 1. The predicted molar refractivity (Wildman–Crippen MR) is 187 cm³/mol. The molecule has 5 aromatic rings. The van der Waals surface area contributed by atoms with Gasteiger partial charge in [0, 0.05) is 29.1 Å². The van der Waals surface area contributed by atoms with Crippen LogP contribution >= 0.6 is 11.3 Å². The van der Waals surface area contributed by atoms with Crippen LogP contribution in [0.4, 0.5) is 4.79 Å². The summed E-state index contributed by atoms with van der Waals surface area (Å²) in [6.07, 6.45) is 0.288. The number of carbonyl (C=O) groups is 3. The highest BCUT2D eigenvalue weighted by atomic mass is 32.1. The van der Waals surface area contributed by atoms with Crippen LogP contribution in [0.15, 0.2) is 115 Å². The number of carbonyl (C=O) groups excluding carboxylic acids is 3. The van der Waals surface area contributed by atoms with Gasteiger partial charge in [-0.1, -0.05) is 117 Å². The van der Waals surface area contributed by atoms with E-state index in [-0.39, 0.29) is 38.5 Å². The van der Waals surface area contributed by atoms with Crippen LogP contribution in [-0.2, 0) is 38.7 Å². The average Bonchev–Trinajstić information content (AvgIpc) is 3.53. The lowest BCUT2D eigenvalue weighted by atomic mass is 10.0. The van der Waals surface area contributed by atoms with Gasteiger partial charge in [0.25, 0.3) is 0 Å². The molecule has 1 aromatic heterocycles. The van der Waals surface area contributed by atoms with E-state index in [9.17, 15) is 14.4 Å². The summed E-state index contributed by atoms with van der Waals surface area (Å²) in [5.41, 5.74) is 3.72. The third-order valence-electron chi connectivity index (χ3n) is 7.61. The summed E-state index contributed by atoms with van der Waals surface area (Å²) in [6.45, 7) is 4.84. The molecule has 0 bridgehead atoms. The van der Waals surface area contributed by atoms with Crippen molar-refractivity contribution in [2.75, 3.05) is 13.1 Å². The minimum Gasteiger partial charge on any atom is -0.461 e. The van der Waals surface area contributed by atoms with Gasteiger partial charge in [-0.15, -0.1) is 11.3 Å². The highest BCUT2D eigenvalue weighted by molar-refractivity contribution is 7.22. The molecule has 0 aliphatic carbocycles. The van der Waals surface area contributed by atoms with E-state index in [2.05, 4.69) is 23.5 Å². The molecule has 0 aliphatic rings. The molecule has 0 unspecified atom stereocenters. The molecule has 7 nitrogen and oxygen atoms in total. The number of urea groups is 1. The number of thiophene rings is 1. The zero-order chi connectivity index (χ0) is 33.0. The van der Waals surface area contributed by atoms with Gasteiger partial charge in [-0.25, -0.2) is 9.59 Å². The Bertz CT molecular complexity index is 1720. The van der Waals surface area contributed by atoms with Crippen molar-refractivity contribution in [2.24, 2.45) is 5.92 Å². The first kappa shape index (κ1) is 33.4. The Labute approximate surface area is 280 Å². The second kappa shape index (κ2) is 16.6. The Morgan fingerprint density at radius 3 is 2.00 bits per heavy atom. The molecule has 8 heteroatoms. The van der Waals surface area contributed by atoms with E-state index < -0.39 is 24.0 Å². The number of benzene rings is 4. The lowest BCUT2D eigenvalue weighted by Gasteiger charge is -2.27. The van der Waals surface area contributed by atoms with Crippen LogP contribution in [0, 0.1) is 5.92 Å². The average molecular weight is 649 g/mol. The summed E-state index contributed by atoms with van der Waals surface area (Å²) in [5, 5.41) is 4.12. The Hall–Kier alpha value is -4.95. The van der Waals surface area contributed by atoms with Gasteiger partial charge in [0.2, 0.25) is 0 Å². The van der Waals surface area contributed by atoms with Crippen LogP contribution in [0.5, 0.6) is 0 Å². The number of nitrogens with one attached hydrogen (secondary N) is 1. The van der Waals surface area contributed by atoms with Crippen molar-refractivity contribution in [1.82, 2.24) is 10.2 Å². The van der Waals surface area contributed by atoms with Gasteiger partial charge in [0.1, 0.15) is 19.3 Å². The molecule has 4 aromatic carbocycles. The number of rotatable bonds is 14. The summed E-state index contributed by atoms with van der Waals surface area (Å²) in [4.78, 5) is 42.4. The van der Waals surface area contributed by atoms with E-state index in [4.69, 9.17) is 9.47 Å². The molecular formula is C39H40N2O5S. The Balaban J connectivity index is 1.26. The van der Waals surface area contributed by atoms with E-state index in [0.717, 1.165) is 27.1 Å². The molecule has 0 radical (unpaired) electrons. The fraction of sp³-hybridized carbons (Fsp3) is 0.256. The molecule has 0 fully saturated rings. The van der Waals surface area contributed by atoms with Gasteiger partial charge in [0.05, 0.1) is 6.42 Å². The first-order chi connectivity index (χ1) is 22.8. The molecule has 0 spiro atoms. The number of nitrogens with zero attached hydrogens (tertiary/aromatic N) is 1. The summed E-state index contributed by atoms with van der Waals surface area (Å²) >= 11 is 1.73. The highest BCUT2D eigenvalue weighted by Crippen LogP contribution is 2.33. The van der Waals surface area contributed by atoms with Crippen LogP contribution < -0.4 is 5.32 Å².